The molecule has 0 saturated carbocycles. The molecule has 1 aromatic heterocycles. The lowest BCUT2D eigenvalue weighted by Gasteiger charge is -2.31. The van der Waals surface area contributed by atoms with Gasteiger partial charge in [0, 0.05) is 25.0 Å². The van der Waals surface area contributed by atoms with Crippen molar-refractivity contribution < 1.29 is 9.15 Å². The van der Waals surface area contributed by atoms with Gasteiger partial charge in [-0.3, -0.25) is 0 Å². The molecule has 2 rings (SSSR count). The molecule has 0 spiro atoms. The Hall–Kier alpha value is -0.800. The molecule has 1 aliphatic rings. The molecular weight excluding hydrogens is 190 g/mol. The van der Waals surface area contributed by atoms with Gasteiger partial charge in [0.15, 0.2) is 0 Å². The Kier molecular flexibility index (Phi) is 3.12. The van der Waals surface area contributed by atoms with Gasteiger partial charge < -0.3 is 14.5 Å². The fourth-order valence-electron chi connectivity index (χ4n) is 2.46. The van der Waals surface area contributed by atoms with Crippen LogP contribution in [0.1, 0.15) is 19.1 Å². The zero-order valence-corrected chi connectivity index (χ0v) is 9.45. The van der Waals surface area contributed by atoms with Crippen LogP contribution in [0.5, 0.6) is 0 Å². The minimum absolute atomic E-state index is 0.201. The summed E-state index contributed by atoms with van der Waals surface area (Å²) in [7, 11) is 1.99. The van der Waals surface area contributed by atoms with Gasteiger partial charge in [0.2, 0.25) is 0 Å². The highest BCUT2D eigenvalue weighted by atomic mass is 16.5. The SMILES string of the molecule is CNCC1(Cc2ccco2)CCOC1C. The van der Waals surface area contributed by atoms with Crippen molar-refractivity contribution in [2.45, 2.75) is 25.9 Å². The zero-order chi connectivity index (χ0) is 10.7. The summed E-state index contributed by atoms with van der Waals surface area (Å²) < 4.78 is 11.1. The number of hydrogen-bond donors (Lipinski definition) is 1. The van der Waals surface area contributed by atoms with Crippen molar-refractivity contribution in [1.82, 2.24) is 5.32 Å². The highest BCUT2D eigenvalue weighted by molar-refractivity contribution is 5.05. The Morgan fingerprint density at radius 1 is 1.60 bits per heavy atom. The summed E-state index contributed by atoms with van der Waals surface area (Å²) in [4.78, 5) is 0. The molecule has 0 aliphatic carbocycles. The summed E-state index contributed by atoms with van der Waals surface area (Å²) >= 11 is 0. The van der Waals surface area contributed by atoms with E-state index in [1.54, 1.807) is 6.26 Å². The van der Waals surface area contributed by atoms with Crippen LogP contribution < -0.4 is 5.32 Å². The van der Waals surface area contributed by atoms with Crippen LogP contribution in [0.2, 0.25) is 0 Å². The van der Waals surface area contributed by atoms with Crippen LogP contribution in [0, 0.1) is 5.41 Å². The van der Waals surface area contributed by atoms with Crippen molar-refractivity contribution in [2.75, 3.05) is 20.2 Å². The van der Waals surface area contributed by atoms with E-state index in [-0.39, 0.29) is 5.41 Å². The van der Waals surface area contributed by atoms with Crippen LogP contribution in [0.25, 0.3) is 0 Å². The van der Waals surface area contributed by atoms with Gasteiger partial charge in [-0.2, -0.15) is 0 Å². The molecule has 84 valence electrons. The molecular formula is C12H19NO2. The molecule has 1 saturated heterocycles. The van der Waals surface area contributed by atoms with E-state index in [1.165, 1.54) is 0 Å². The predicted octanol–water partition coefficient (Wildman–Crippen LogP) is 1.84. The second-order valence-corrected chi connectivity index (χ2v) is 4.41. The van der Waals surface area contributed by atoms with Crippen molar-refractivity contribution in [2.24, 2.45) is 5.41 Å². The highest BCUT2D eigenvalue weighted by Crippen LogP contribution is 2.37. The second-order valence-electron chi connectivity index (χ2n) is 4.41. The quantitative estimate of drug-likeness (QED) is 0.821. The Morgan fingerprint density at radius 3 is 3.00 bits per heavy atom. The van der Waals surface area contributed by atoms with Gasteiger partial charge in [0.25, 0.3) is 0 Å². The van der Waals surface area contributed by atoms with E-state index in [9.17, 15) is 0 Å². The first kappa shape index (κ1) is 10.7. The summed E-state index contributed by atoms with van der Waals surface area (Å²) in [5, 5.41) is 3.27. The average Bonchev–Trinajstić information content (AvgIpc) is 2.80. The smallest absolute Gasteiger partial charge is 0.104 e. The number of hydrogen-bond acceptors (Lipinski definition) is 3. The third kappa shape index (κ3) is 2.08. The van der Waals surface area contributed by atoms with Crippen molar-refractivity contribution >= 4 is 0 Å². The van der Waals surface area contributed by atoms with Crippen LogP contribution >= 0.6 is 0 Å². The van der Waals surface area contributed by atoms with Gasteiger partial charge in [-0.15, -0.1) is 0 Å². The normalized spacial score (nSPS) is 30.9. The van der Waals surface area contributed by atoms with Crippen LogP contribution in [0.3, 0.4) is 0 Å². The standard InChI is InChI=1S/C12H19NO2/c1-10-12(9-13-2,5-7-14-10)8-11-4-3-6-15-11/h3-4,6,10,13H,5,7-9H2,1-2H3. The summed E-state index contributed by atoms with van der Waals surface area (Å²) in [6.07, 6.45) is 4.11. The van der Waals surface area contributed by atoms with Gasteiger partial charge in [-0.25, -0.2) is 0 Å². The first-order valence-electron chi connectivity index (χ1n) is 5.55. The van der Waals surface area contributed by atoms with Crippen molar-refractivity contribution in [3.8, 4) is 0 Å². The van der Waals surface area contributed by atoms with E-state index in [1.807, 2.05) is 19.2 Å². The highest BCUT2D eigenvalue weighted by Gasteiger charge is 2.41. The molecule has 0 bridgehead atoms. The maximum Gasteiger partial charge on any atom is 0.104 e. The Bertz CT molecular complexity index is 297. The van der Waals surface area contributed by atoms with E-state index in [4.69, 9.17) is 9.15 Å². The van der Waals surface area contributed by atoms with E-state index >= 15 is 0 Å². The summed E-state index contributed by atoms with van der Waals surface area (Å²) in [5.74, 6) is 1.06. The molecule has 3 nitrogen and oxygen atoms in total. The minimum atomic E-state index is 0.201. The monoisotopic (exact) mass is 209 g/mol. The summed E-state index contributed by atoms with van der Waals surface area (Å²) in [6, 6.07) is 3.99. The van der Waals surface area contributed by atoms with Crippen LogP contribution in [-0.2, 0) is 11.2 Å². The first-order chi connectivity index (χ1) is 7.27. The van der Waals surface area contributed by atoms with E-state index < -0.39 is 0 Å². The number of furan rings is 1. The largest absolute Gasteiger partial charge is 0.469 e. The molecule has 1 fully saturated rings. The molecule has 0 radical (unpaired) electrons. The van der Waals surface area contributed by atoms with Gasteiger partial charge >= 0.3 is 0 Å². The zero-order valence-electron chi connectivity index (χ0n) is 9.45. The third-order valence-corrected chi connectivity index (χ3v) is 3.47. The molecule has 0 amide bonds. The van der Waals surface area contributed by atoms with Crippen molar-refractivity contribution in [3.05, 3.63) is 24.2 Å². The second kappa shape index (κ2) is 4.37. The molecule has 0 aromatic carbocycles. The van der Waals surface area contributed by atoms with Gasteiger partial charge in [-0.1, -0.05) is 0 Å². The van der Waals surface area contributed by atoms with E-state index in [2.05, 4.69) is 12.2 Å². The van der Waals surface area contributed by atoms with Crippen LogP contribution in [0.15, 0.2) is 22.8 Å². The maximum absolute atomic E-state index is 5.69. The Labute approximate surface area is 90.8 Å². The Morgan fingerprint density at radius 2 is 2.47 bits per heavy atom. The van der Waals surface area contributed by atoms with Crippen molar-refractivity contribution in [1.29, 1.82) is 0 Å². The lowest BCUT2D eigenvalue weighted by molar-refractivity contribution is 0.0614. The molecule has 2 atom stereocenters. The van der Waals surface area contributed by atoms with E-state index in [0.29, 0.717) is 6.10 Å². The third-order valence-electron chi connectivity index (χ3n) is 3.47. The van der Waals surface area contributed by atoms with Gasteiger partial charge in [0.1, 0.15) is 5.76 Å². The van der Waals surface area contributed by atoms with Crippen LogP contribution in [0.4, 0.5) is 0 Å². The molecule has 15 heavy (non-hydrogen) atoms. The average molecular weight is 209 g/mol. The lowest BCUT2D eigenvalue weighted by atomic mass is 9.77. The fraction of sp³-hybridized carbons (Fsp3) is 0.667. The fourth-order valence-corrected chi connectivity index (χ4v) is 2.46. The van der Waals surface area contributed by atoms with Gasteiger partial charge in [-0.05, 0) is 32.5 Å². The first-order valence-corrected chi connectivity index (χ1v) is 5.55. The number of nitrogens with one attached hydrogen (secondary N) is 1. The summed E-state index contributed by atoms with van der Waals surface area (Å²) in [5.41, 5.74) is 0.201. The maximum atomic E-state index is 5.69. The molecule has 2 heterocycles. The lowest BCUT2D eigenvalue weighted by Crippen LogP contribution is -2.40. The molecule has 1 aromatic rings. The molecule has 3 heteroatoms. The van der Waals surface area contributed by atoms with Gasteiger partial charge in [0.05, 0.1) is 12.4 Å². The Balaban J connectivity index is 2.12. The number of ether oxygens (including phenoxy) is 1. The predicted molar refractivity (Wildman–Crippen MR) is 58.8 cm³/mol. The number of rotatable bonds is 4. The summed E-state index contributed by atoms with van der Waals surface area (Å²) in [6.45, 7) is 4.01. The molecule has 2 unspecified atom stereocenters. The molecule has 1 aliphatic heterocycles. The van der Waals surface area contributed by atoms with Crippen LogP contribution in [-0.4, -0.2) is 26.3 Å². The van der Waals surface area contributed by atoms with Crippen molar-refractivity contribution in [3.63, 3.8) is 0 Å². The van der Waals surface area contributed by atoms with E-state index in [0.717, 1.165) is 31.8 Å². The molecule has 1 N–H and O–H groups in total. The topological polar surface area (TPSA) is 34.4 Å². The minimum Gasteiger partial charge on any atom is -0.469 e.